The molecule has 1 amide bonds. The molecule has 3 rings (SSSR count). The van der Waals surface area contributed by atoms with Gasteiger partial charge in [0.25, 0.3) is 5.91 Å². The highest BCUT2D eigenvalue weighted by molar-refractivity contribution is 7.89. The van der Waals surface area contributed by atoms with E-state index in [2.05, 4.69) is 0 Å². The molecule has 144 valence electrons. The number of hydrogen-bond acceptors (Lipinski definition) is 5. The van der Waals surface area contributed by atoms with Crippen LogP contribution in [-0.4, -0.2) is 20.6 Å². The average molecular weight is 397 g/mol. The fourth-order valence-electron chi connectivity index (χ4n) is 2.38. The van der Waals surface area contributed by atoms with Crippen LogP contribution < -0.4 is 14.2 Å². The van der Waals surface area contributed by atoms with Crippen LogP contribution in [0.15, 0.2) is 78.9 Å². The van der Waals surface area contributed by atoms with E-state index in [0.29, 0.717) is 18.1 Å². The van der Waals surface area contributed by atoms with Gasteiger partial charge in [0.05, 0.1) is 6.26 Å². The van der Waals surface area contributed by atoms with Crippen molar-refractivity contribution in [2.45, 2.75) is 6.61 Å². The van der Waals surface area contributed by atoms with Gasteiger partial charge in [-0.3, -0.25) is 4.79 Å². The lowest BCUT2D eigenvalue weighted by molar-refractivity contribution is 0.0981. The number of carbonyl (C=O) groups excluding carboxylic acids is 1. The monoisotopic (exact) mass is 397 g/mol. The van der Waals surface area contributed by atoms with Gasteiger partial charge in [-0.1, -0.05) is 30.3 Å². The molecule has 6 nitrogen and oxygen atoms in total. The Morgan fingerprint density at radius 1 is 0.821 bits per heavy atom. The van der Waals surface area contributed by atoms with Crippen molar-refractivity contribution in [2.24, 2.45) is 0 Å². The molecular weight excluding hydrogens is 378 g/mol. The highest BCUT2D eigenvalue weighted by Crippen LogP contribution is 2.24. The van der Waals surface area contributed by atoms with E-state index in [0.717, 1.165) is 17.6 Å². The minimum atomic E-state index is -3.60. The van der Waals surface area contributed by atoms with Crippen molar-refractivity contribution < 1.29 is 22.7 Å². The van der Waals surface area contributed by atoms with Gasteiger partial charge in [0.1, 0.15) is 23.9 Å². The Labute approximate surface area is 163 Å². The summed E-state index contributed by atoms with van der Waals surface area (Å²) in [4.78, 5) is 11.8. The standard InChI is InChI=1S/C21H19NO5S/c1-28(24,25)22-21(23)17-7-9-19(10-8-17)27-20-13-11-18(12-14-20)26-15-16-5-3-2-4-6-16/h2-14H,15H2,1H3,(H,22,23). The summed E-state index contributed by atoms with van der Waals surface area (Å²) in [7, 11) is -3.60. The van der Waals surface area contributed by atoms with E-state index >= 15 is 0 Å². The van der Waals surface area contributed by atoms with E-state index in [9.17, 15) is 13.2 Å². The lowest BCUT2D eigenvalue weighted by Gasteiger charge is -2.09. The molecule has 1 N–H and O–H groups in total. The van der Waals surface area contributed by atoms with Crippen LogP contribution in [0.1, 0.15) is 15.9 Å². The molecule has 0 spiro atoms. The van der Waals surface area contributed by atoms with Crippen LogP contribution in [0.25, 0.3) is 0 Å². The molecule has 0 atom stereocenters. The second-order valence-electron chi connectivity index (χ2n) is 6.08. The van der Waals surface area contributed by atoms with Gasteiger partial charge < -0.3 is 9.47 Å². The number of carbonyl (C=O) groups is 1. The Morgan fingerprint density at radius 3 is 1.93 bits per heavy atom. The van der Waals surface area contributed by atoms with Gasteiger partial charge in [0.15, 0.2) is 0 Å². The Kier molecular flexibility index (Phi) is 5.96. The topological polar surface area (TPSA) is 81.7 Å². The molecule has 0 radical (unpaired) electrons. The highest BCUT2D eigenvalue weighted by Gasteiger charge is 2.11. The zero-order valence-electron chi connectivity index (χ0n) is 15.2. The Balaban J connectivity index is 1.57. The van der Waals surface area contributed by atoms with Crippen molar-refractivity contribution in [2.75, 3.05) is 6.26 Å². The minimum absolute atomic E-state index is 0.224. The Morgan fingerprint density at radius 2 is 1.36 bits per heavy atom. The van der Waals surface area contributed by atoms with Crippen molar-refractivity contribution in [1.29, 1.82) is 0 Å². The number of rotatable bonds is 7. The van der Waals surface area contributed by atoms with E-state index < -0.39 is 15.9 Å². The van der Waals surface area contributed by atoms with Gasteiger partial charge >= 0.3 is 0 Å². The largest absolute Gasteiger partial charge is 0.489 e. The molecular formula is C21H19NO5S. The fourth-order valence-corrected chi connectivity index (χ4v) is 2.84. The maximum absolute atomic E-state index is 11.8. The molecule has 3 aromatic carbocycles. The first kappa shape index (κ1) is 19.4. The molecule has 28 heavy (non-hydrogen) atoms. The number of benzene rings is 3. The normalized spacial score (nSPS) is 10.9. The maximum atomic E-state index is 11.8. The summed E-state index contributed by atoms with van der Waals surface area (Å²) in [6.07, 6.45) is 0.926. The van der Waals surface area contributed by atoms with Gasteiger partial charge in [0, 0.05) is 5.56 Å². The summed E-state index contributed by atoms with van der Waals surface area (Å²) in [6, 6.07) is 23.2. The molecule has 0 bridgehead atoms. The number of sulfonamides is 1. The Bertz CT molecular complexity index is 1030. The molecule has 0 heterocycles. The first-order chi connectivity index (χ1) is 13.4. The molecule has 0 fully saturated rings. The van der Waals surface area contributed by atoms with Crippen molar-refractivity contribution in [1.82, 2.24) is 4.72 Å². The van der Waals surface area contributed by atoms with Crippen LogP contribution in [0.2, 0.25) is 0 Å². The van der Waals surface area contributed by atoms with Crippen LogP contribution in [0.4, 0.5) is 0 Å². The van der Waals surface area contributed by atoms with E-state index in [1.54, 1.807) is 24.3 Å². The van der Waals surface area contributed by atoms with E-state index in [4.69, 9.17) is 9.47 Å². The van der Waals surface area contributed by atoms with Crippen LogP contribution in [0, 0.1) is 0 Å². The second-order valence-corrected chi connectivity index (χ2v) is 7.82. The number of ether oxygens (including phenoxy) is 2. The summed E-state index contributed by atoms with van der Waals surface area (Å²) in [6.45, 7) is 0.484. The zero-order chi connectivity index (χ0) is 20.0. The van der Waals surface area contributed by atoms with E-state index in [1.807, 2.05) is 47.2 Å². The summed E-state index contributed by atoms with van der Waals surface area (Å²) in [5.41, 5.74) is 1.31. The van der Waals surface area contributed by atoms with Crippen LogP contribution in [-0.2, 0) is 16.6 Å². The second kappa shape index (κ2) is 8.58. The SMILES string of the molecule is CS(=O)(=O)NC(=O)c1ccc(Oc2ccc(OCc3ccccc3)cc2)cc1. The molecule has 0 unspecified atom stereocenters. The zero-order valence-corrected chi connectivity index (χ0v) is 16.0. The average Bonchev–Trinajstić information content (AvgIpc) is 2.67. The number of hydrogen-bond donors (Lipinski definition) is 1. The third-order valence-corrected chi connectivity index (χ3v) is 4.26. The van der Waals surface area contributed by atoms with Crippen LogP contribution in [0.5, 0.6) is 17.2 Å². The van der Waals surface area contributed by atoms with Gasteiger partial charge in [-0.15, -0.1) is 0 Å². The molecule has 0 aliphatic carbocycles. The minimum Gasteiger partial charge on any atom is -0.489 e. The molecule has 0 aliphatic rings. The van der Waals surface area contributed by atoms with Crippen molar-refractivity contribution in [3.8, 4) is 17.2 Å². The first-order valence-corrected chi connectivity index (χ1v) is 10.3. The Hall–Kier alpha value is -3.32. The van der Waals surface area contributed by atoms with Crippen LogP contribution in [0.3, 0.4) is 0 Å². The summed E-state index contributed by atoms with van der Waals surface area (Å²) >= 11 is 0. The first-order valence-electron chi connectivity index (χ1n) is 8.46. The molecule has 0 saturated carbocycles. The third kappa shape index (κ3) is 5.85. The summed E-state index contributed by atoms with van der Waals surface area (Å²) < 4.78 is 35.6. The fraction of sp³-hybridized carbons (Fsp3) is 0.0952. The maximum Gasteiger partial charge on any atom is 0.264 e. The quantitative estimate of drug-likeness (QED) is 0.657. The molecule has 0 saturated heterocycles. The van der Waals surface area contributed by atoms with Gasteiger partial charge in [-0.2, -0.15) is 0 Å². The van der Waals surface area contributed by atoms with Crippen molar-refractivity contribution in [3.63, 3.8) is 0 Å². The van der Waals surface area contributed by atoms with Crippen LogP contribution >= 0.6 is 0 Å². The number of amides is 1. The predicted molar refractivity (Wildman–Crippen MR) is 106 cm³/mol. The van der Waals surface area contributed by atoms with E-state index in [-0.39, 0.29) is 5.56 Å². The summed E-state index contributed by atoms with van der Waals surface area (Å²) in [5, 5.41) is 0. The van der Waals surface area contributed by atoms with E-state index in [1.165, 1.54) is 12.1 Å². The molecule has 3 aromatic rings. The van der Waals surface area contributed by atoms with Crippen molar-refractivity contribution in [3.05, 3.63) is 90.0 Å². The van der Waals surface area contributed by atoms with Gasteiger partial charge in [-0.05, 0) is 54.1 Å². The van der Waals surface area contributed by atoms with Crippen molar-refractivity contribution >= 4 is 15.9 Å². The van der Waals surface area contributed by atoms with Gasteiger partial charge in [0.2, 0.25) is 10.0 Å². The smallest absolute Gasteiger partial charge is 0.264 e. The highest BCUT2D eigenvalue weighted by atomic mass is 32.2. The molecule has 0 aliphatic heterocycles. The lowest BCUT2D eigenvalue weighted by Crippen LogP contribution is -2.29. The molecule has 7 heteroatoms. The third-order valence-electron chi connectivity index (χ3n) is 3.70. The summed E-state index contributed by atoms with van der Waals surface area (Å²) in [5.74, 6) is 1.17. The lowest BCUT2D eigenvalue weighted by atomic mass is 10.2. The predicted octanol–water partition coefficient (Wildman–Crippen LogP) is 3.75. The number of nitrogens with one attached hydrogen (secondary N) is 1. The molecule has 0 aromatic heterocycles. The van der Waals surface area contributed by atoms with Gasteiger partial charge in [-0.25, -0.2) is 13.1 Å².